The van der Waals surface area contributed by atoms with Gasteiger partial charge in [0.15, 0.2) is 0 Å². The fraction of sp³-hybridized carbons (Fsp3) is 0.0667. The molecule has 3 aromatic rings. The van der Waals surface area contributed by atoms with Crippen molar-refractivity contribution in [2.24, 2.45) is 0 Å². The molecule has 0 unspecified atom stereocenters. The molecule has 1 aromatic heterocycles. The molecule has 0 N–H and O–H groups in total. The van der Waals surface area contributed by atoms with E-state index in [-0.39, 0.29) is 0 Å². The summed E-state index contributed by atoms with van der Waals surface area (Å²) in [4.78, 5) is 0. The lowest BCUT2D eigenvalue weighted by molar-refractivity contribution is 0.756. The summed E-state index contributed by atoms with van der Waals surface area (Å²) in [6.07, 6.45) is 1.81. The maximum absolute atomic E-state index is 4.14. The largest absolute Gasteiger partial charge is 0.207 e. The monoisotopic (exact) mass is 267 g/mol. The molecular weight excluding hydrogens is 254 g/mol. The van der Waals surface area contributed by atoms with E-state index in [1.54, 1.807) is 18.0 Å². The Morgan fingerprint density at radius 1 is 0.895 bits per heavy atom. The van der Waals surface area contributed by atoms with E-state index in [4.69, 9.17) is 0 Å². The van der Waals surface area contributed by atoms with Crippen molar-refractivity contribution in [1.29, 1.82) is 0 Å². The molecule has 1 heterocycles. The van der Waals surface area contributed by atoms with Crippen LogP contribution < -0.4 is 0 Å². The van der Waals surface area contributed by atoms with Crippen LogP contribution in [0.1, 0.15) is 5.56 Å². The molecule has 0 radical (unpaired) electrons. The zero-order valence-electron chi connectivity index (χ0n) is 10.3. The Labute approximate surface area is 116 Å². The number of para-hydroxylation sites is 1. The molecule has 0 saturated carbocycles. The molecule has 2 aromatic carbocycles. The van der Waals surface area contributed by atoms with E-state index in [1.807, 2.05) is 41.1 Å². The molecule has 94 valence electrons. The van der Waals surface area contributed by atoms with Crippen LogP contribution in [0.3, 0.4) is 0 Å². The fourth-order valence-electron chi connectivity index (χ4n) is 1.80. The lowest BCUT2D eigenvalue weighted by atomic mass is 10.2. The van der Waals surface area contributed by atoms with E-state index in [0.717, 1.165) is 16.5 Å². The topological polar surface area (TPSA) is 30.7 Å². The van der Waals surface area contributed by atoms with E-state index in [1.165, 1.54) is 5.56 Å². The van der Waals surface area contributed by atoms with Gasteiger partial charge in [0, 0.05) is 5.75 Å². The molecule has 3 rings (SSSR count). The highest BCUT2D eigenvalue weighted by molar-refractivity contribution is 7.98. The summed E-state index contributed by atoms with van der Waals surface area (Å²) in [7, 11) is 0. The molecule has 0 aliphatic rings. The molecule has 0 aliphatic carbocycles. The molecular formula is C15H13N3S. The van der Waals surface area contributed by atoms with Crippen molar-refractivity contribution in [3.05, 3.63) is 72.4 Å². The summed E-state index contributed by atoms with van der Waals surface area (Å²) in [6.45, 7) is 0. The minimum Gasteiger partial charge on any atom is -0.207 e. The van der Waals surface area contributed by atoms with Gasteiger partial charge < -0.3 is 0 Å². The van der Waals surface area contributed by atoms with Gasteiger partial charge in [0.2, 0.25) is 0 Å². The summed E-state index contributed by atoms with van der Waals surface area (Å²) < 4.78 is 1.87. The van der Waals surface area contributed by atoms with Crippen LogP contribution >= 0.6 is 11.8 Å². The van der Waals surface area contributed by atoms with E-state index in [2.05, 4.69) is 34.6 Å². The summed E-state index contributed by atoms with van der Waals surface area (Å²) in [5.41, 5.74) is 2.34. The first-order valence-electron chi connectivity index (χ1n) is 6.06. The first kappa shape index (κ1) is 12.0. The first-order valence-corrected chi connectivity index (χ1v) is 7.05. The van der Waals surface area contributed by atoms with Gasteiger partial charge >= 0.3 is 0 Å². The molecule has 0 amide bonds. The van der Waals surface area contributed by atoms with Crippen LogP contribution in [0.5, 0.6) is 0 Å². The normalized spacial score (nSPS) is 10.5. The van der Waals surface area contributed by atoms with E-state index in [0.29, 0.717) is 0 Å². The molecule has 0 bridgehead atoms. The quantitative estimate of drug-likeness (QED) is 0.677. The van der Waals surface area contributed by atoms with Gasteiger partial charge in [-0.15, -0.1) is 5.10 Å². The highest BCUT2D eigenvalue weighted by Gasteiger charge is 2.06. The number of hydrogen-bond acceptors (Lipinski definition) is 3. The van der Waals surface area contributed by atoms with Crippen LogP contribution in [0.2, 0.25) is 0 Å². The molecule has 0 spiro atoms. The summed E-state index contributed by atoms with van der Waals surface area (Å²) in [5, 5.41) is 9.20. The summed E-state index contributed by atoms with van der Waals surface area (Å²) >= 11 is 1.74. The SMILES string of the molecule is c1ccc(CSc2cnnn2-c2ccccc2)cc1. The minimum absolute atomic E-state index is 0.918. The lowest BCUT2D eigenvalue weighted by Crippen LogP contribution is -1.98. The van der Waals surface area contributed by atoms with E-state index >= 15 is 0 Å². The highest BCUT2D eigenvalue weighted by atomic mass is 32.2. The Bertz CT molecular complexity index is 635. The van der Waals surface area contributed by atoms with Gasteiger partial charge in [0.25, 0.3) is 0 Å². The van der Waals surface area contributed by atoms with E-state index < -0.39 is 0 Å². The highest BCUT2D eigenvalue weighted by Crippen LogP contribution is 2.23. The van der Waals surface area contributed by atoms with Crippen molar-refractivity contribution in [2.45, 2.75) is 10.8 Å². The average Bonchev–Trinajstić information content (AvgIpc) is 2.95. The van der Waals surface area contributed by atoms with Crippen molar-refractivity contribution in [3.63, 3.8) is 0 Å². The fourth-order valence-corrected chi connectivity index (χ4v) is 2.70. The molecule has 0 saturated heterocycles. The van der Waals surface area contributed by atoms with Crippen molar-refractivity contribution >= 4 is 11.8 Å². The second-order valence-electron chi connectivity index (χ2n) is 4.09. The van der Waals surface area contributed by atoms with Crippen molar-refractivity contribution in [2.75, 3.05) is 0 Å². The lowest BCUT2D eigenvalue weighted by Gasteiger charge is -2.05. The first-order chi connectivity index (χ1) is 9.43. The molecule has 0 atom stereocenters. The van der Waals surface area contributed by atoms with Crippen LogP contribution in [0.25, 0.3) is 5.69 Å². The maximum Gasteiger partial charge on any atom is 0.121 e. The second-order valence-corrected chi connectivity index (χ2v) is 5.09. The van der Waals surface area contributed by atoms with Gasteiger partial charge in [-0.05, 0) is 17.7 Å². The van der Waals surface area contributed by atoms with Gasteiger partial charge in [-0.25, -0.2) is 4.68 Å². The Morgan fingerprint density at radius 2 is 1.58 bits per heavy atom. The Hall–Kier alpha value is -2.07. The van der Waals surface area contributed by atoms with Crippen molar-refractivity contribution < 1.29 is 0 Å². The van der Waals surface area contributed by atoms with Gasteiger partial charge in [-0.3, -0.25) is 0 Å². The minimum atomic E-state index is 0.918. The number of thioether (sulfide) groups is 1. The second kappa shape index (κ2) is 5.71. The molecule has 0 aliphatic heterocycles. The number of hydrogen-bond donors (Lipinski definition) is 0. The van der Waals surface area contributed by atoms with Crippen LogP contribution in [0, 0.1) is 0 Å². The van der Waals surface area contributed by atoms with Crippen LogP contribution in [-0.2, 0) is 5.75 Å². The number of benzene rings is 2. The molecule has 0 fully saturated rings. The summed E-state index contributed by atoms with van der Waals surface area (Å²) in [5.74, 6) is 0.918. The molecule has 19 heavy (non-hydrogen) atoms. The molecule has 4 heteroatoms. The van der Waals surface area contributed by atoms with Crippen molar-refractivity contribution in [3.8, 4) is 5.69 Å². The third-order valence-electron chi connectivity index (χ3n) is 2.75. The van der Waals surface area contributed by atoms with Gasteiger partial charge in [-0.1, -0.05) is 65.5 Å². The third-order valence-corrected chi connectivity index (χ3v) is 3.80. The number of aromatic nitrogens is 3. The van der Waals surface area contributed by atoms with Crippen LogP contribution in [0.4, 0.5) is 0 Å². The van der Waals surface area contributed by atoms with Crippen LogP contribution in [-0.4, -0.2) is 15.0 Å². The predicted molar refractivity (Wildman–Crippen MR) is 77.4 cm³/mol. The zero-order chi connectivity index (χ0) is 12.9. The van der Waals surface area contributed by atoms with E-state index in [9.17, 15) is 0 Å². The van der Waals surface area contributed by atoms with Crippen molar-refractivity contribution in [1.82, 2.24) is 15.0 Å². The van der Waals surface area contributed by atoms with Gasteiger partial charge in [0.1, 0.15) is 5.03 Å². The summed E-state index contributed by atoms with van der Waals surface area (Å²) in [6, 6.07) is 20.5. The Morgan fingerprint density at radius 3 is 2.32 bits per heavy atom. The van der Waals surface area contributed by atoms with Crippen LogP contribution in [0.15, 0.2) is 71.9 Å². The Kier molecular flexibility index (Phi) is 3.61. The smallest absolute Gasteiger partial charge is 0.121 e. The standard InChI is InChI=1S/C15H13N3S/c1-3-7-13(8-4-1)12-19-15-11-16-17-18(15)14-9-5-2-6-10-14/h1-11H,12H2. The number of rotatable bonds is 4. The third kappa shape index (κ3) is 2.85. The Balaban J connectivity index is 1.78. The zero-order valence-corrected chi connectivity index (χ0v) is 11.1. The average molecular weight is 267 g/mol. The maximum atomic E-state index is 4.14. The number of nitrogens with zero attached hydrogens (tertiary/aromatic N) is 3. The van der Waals surface area contributed by atoms with Gasteiger partial charge in [0.05, 0.1) is 11.9 Å². The molecule has 3 nitrogen and oxygen atoms in total. The predicted octanol–water partition coefficient (Wildman–Crippen LogP) is 3.56. The van der Waals surface area contributed by atoms with Gasteiger partial charge in [-0.2, -0.15) is 0 Å².